The first kappa shape index (κ1) is 16.0. The monoisotopic (exact) mass is 263 g/mol. The first-order valence-corrected chi connectivity index (χ1v) is 7.55. The molecule has 0 saturated carbocycles. The molecule has 2 unspecified atom stereocenters. The highest BCUT2D eigenvalue weighted by Gasteiger charge is 2.12. The number of nitrogens with one attached hydrogen (secondary N) is 1. The molecule has 2 nitrogen and oxygen atoms in total. The van der Waals surface area contributed by atoms with E-state index in [1.807, 2.05) is 0 Å². The molecule has 0 fully saturated rings. The van der Waals surface area contributed by atoms with Gasteiger partial charge in [0, 0.05) is 11.6 Å². The molecule has 0 radical (unpaired) electrons. The molecule has 108 valence electrons. The van der Waals surface area contributed by atoms with E-state index in [4.69, 9.17) is 4.74 Å². The third-order valence-corrected chi connectivity index (χ3v) is 3.56. The summed E-state index contributed by atoms with van der Waals surface area (Å²) in [5, 5.41) is 3.53. The lowest BCUT2D eigenvalue weighted by Gasteiger charge is -2.20. The second-order valence-corrected chi connectivity index (χ2v) is 5.54. The first-order chi connectivity index (χ1) is 9.08. The standard InChI is InChI=1S/C17H29NO/c1-6-10-18-15(5)16-9-8-14(4)11-17(16)19-12-13(3)7-2/h8-9,11,13,15,18H,6-7,10,12H2,1-5H3. The Kier molecular flexibility index (Phi) is 6.93. The molecule has 0 amide bonds. The second-order valence-electron chi connectivity index (χ2n) is 5.54. The van der Waals surface area contributed by atoms with Crippen LogP contribution in [-0.2, 0) is 0 Å². The van der Waals surface area contributed by atoms with Crippen LogP contribution >= 0.6 is 0 Å². The fourth-order valence-electron chi connectivity index (χ4n) is 1.95. The third-order valence-electron chi connectivity index (χ3n) is 3.56. The van der Waals surface area contributed by atoms with Gasteiger partial charge in [-0.05, 0) is 44.4 Å². The zero-order valence-corrected chi connectivity index (χ0v) is 13.1. The van der Waals surface area contributed by atoms with Crippen LogP contribution in [0.15, 0.2) is 18.2 Å². The molecule has 1 aromatic rings. The van der Waals surface area contributed by atoms with Crippen LogP contribution in [0.3, 0.4) is 0 Å². The Hall–Kier alpha value is -1.02. The van der Waals surface area contributed by atoms with E-state index >= 15 is 0 Å². The highest BCUT2D eigenvalue weighted by molar-refractivity contribution is 5.39. The maximum Gasteiger partial charge on any atom is 0.124 e. The van der Waals surface area contributed by atoms with Crippen LogP contribution in [0.5, 0.6) is 5.75 Å². The number of aryl methyl sites for hydroxylation is 1. The van der Waals surface area contributed by atoms with Crippen LogP contribution in [-0.4, -0.2) is 13.2 Å². The van der Waals surface area contributed by atoms with Gasteiger partial charge in [-0.3, -0.25) is 0 Å². The van der Waals surface area contributed by atoms with Crippen LogP contribution in [0.2, 0.25) is 0 Å². The smallest absolute Gasteiger partial charge is 0.124 e. The van der Waals surface area contributed by atoms with Crippen LogP contribution in [0.25, 0.3) is 0 Å². The lowest BCUT2D eigenvalue weighted by Crippen LogP contribution is -2.20. The molecule has 0 bridgehead atoms. The average Bonchev–Trinajstić information content (AvgIpc) is 2.42. The Morgan fingerprint density at radius 2 is 1.95 bits per heavy atom. The summed E-state index contributed by atoms with van der Waals surface area (Å²) in [7, 11) is 0. The number of benzene rings is 1. The van der Waals surface area contributed by atoms with Crippen molar-refractivity contribution in [3.63, 3.8) is 0 Å². The van der Waals surface area contributed by atoms with Crippen molar-refractivity contribution in [2.45, 2.75) is 53.5 Å². The summed E-state index contributed by atoms with van der Waals surface area (Å²) in [6.07, 6.45) is 2.31. The minimum absolute atomic E-state index is 0.340. The minimum Gasteiger partial charge on any atom is -0.493 e. The predicted molar refractivity (Wildman–Crippen MR) is 82.8 cm³/mol. The lowest BCUT2D eigenvalue weighted by molar-refractivity contribution is 0.252. The molecule has 1 aromatic carbocycles. The molecule has 1 N–H and O–H groups in total. The van der Waals surface area contributed by atoms with Crippen molar-refractivity contribution in [1.29, 1.82) is 0 Å². The molecular weight excluding hydrogens is 234 g/mol. The van der Waals surface area contributed by atoms with Gasteiger partial charge in [-0.15, -0.1) is 0 Å². The largest absolute Gasteiger partial charge is 0.493 e. The van der Waals surface area contributed by atoms with Gasteiger partial charge in [-0.25, -0.2) is 0 Å². The number of hydrogen-bond donors (Lipinski definition) is 1. The van der Waals surface area contributed by atoms with Crippen LogP contribution in [0, 0.1) is 12.8 Å². The van der Waals surface area contributed by atoms with E-state index in [0.717, 1.165) is 31.7 Å². The van der Waals surface area contributed by atoms with E-state index in [0.29, 0.717) is 12.0 Å². The molecule has 19 heavy (non-hydrogen) atoms. The summed E-state index contributed by atoms with van der Waals surface area (Å²) in [5.41, 5.74) is 2.52. The van der Waals surface area contributed by atoms with Gasteiger partial charge in [0.2, 0.25) is 0 Å². The van der Waals surface area contributed by atoms with Gasteiger partial charge in [0.15, 0.2) is 0 Å². The summed E-state index contributed by atoms with van der Waals surface area (Å²) in [4.78, 5) is 0. The van der Waals surface area contributed by atoms with E-state index in [1.54, 1.807) is 0 Å². The Balaban J connectivity index is 2.78. The van der Waals surface area contributed by atoms with Crippen molar-refractivity contribution < 1.29 is 4.74 Å². The molecule has 1 rings (SSSR count). The lowest BCUT2D eigenvalue weighted by atomic mass is 10.0. The quantitative estimate of drug-likeness (QED) is 0.746. The molecule has 0 aromatic heterocycles. The van der Waals surface area contributed by atoms with Gasteiger partial charge >= 0.3 is 0 Å². The van der Waals surface area contributed by atoms with Gasteiger partial charge in [-0.2, -0.15) is 0 Å². The van der Waals surface area contributed by atoms with E-state index in [-0.39, 0.29) is 0 Å². The SMILES string of the molecule is CCCNC(C)c1ccc(C)cc1OCC(C)CC. The summed E-state index contributed by atoms with van der Waals surface area (Å²) in [6, 6.07) is 6.85. The summed E-state index contributed by atoms with van der Waals surface area (Å²) >= 11 is 0. The summed E-state index contributed by atoms with van der Waals surface area (Å²) in [5.74, 6) is 1.64. The minimum atomic E-state index is 0.340. The molecule has 2 atom stereocenters. The molecule has 0 saturated heterocycles. The van der Waals surface area contributed by atoms with Crippen LogP contribution < -0.4 is 10.1 Å². The van der Waals surface area contributed by atoms with E-state index < -0.39 is 0 Å². The van der Waals surface area contributed by atoms with Crippen molar-refractivity contribution in [2.75, 3.05) is 13.2 Å². The van der Waals surface area contributed by atoms with Gasteiger partial charge in [0.1, 0.15) is 5.75 Å². The van der Waals surface area contributed by atoms with Crippen molar-refractivity contribution >= 4 is 0 Å². The molecule has 0 aliphatic rings. The van der Waals surface area contributed by atoms with Crippen molar-refractivity contribution in [3.8, 4) is 5.75 Å². The number of hydrogen-bond acceptors (Lipinski definition) is 2. The fraction of sp³-hybridized carbons (Fsp3) is 0.647. The third kappa shape index (κ3) is 5.23. The molecule has 2 heteroatoms. The van der Waals surface area contributed by atoms with Gasteiger partial charge in [0.25, 0.3) is 0 Å². The second kappa shape index (κ2) is 8.21. The summed E-state index contributed by atoms with van der Waals surface area (Å²) < 4.78 is 6.03. The average molecular weight is 263 g/mol. The van der Waals surface area contributed by atoms with E-state index in [9.17, 15) is 0 Å². The van der Waals surface area contributed by atoms with Crippen molar-refractivity contribution in [3.05, 3.63) is 29.3 Å². The van der Waals surface area contributed by atoms with Crippen LogP contribution in [0.1, 0.15) is 57.7 Å². The number of ether oxygens (including phenoxy) is 1. The van der Waals surface area contributed by atoms with Gasteiger partial charge in [0.05, 0.1) is 6.61 Å². The Labute approximate surface area is 118 Å². The molecule has 0 aliphatic heterocycles. The molecule has 0 spiro atoms. The molecule has 0 aliphatic carbocycles. The topological polar surface area (TPSA) is 21.3 Å². The number of rotatable bonds is 8. The van der Waals surface area contributed by atoms with Crippen molar-refractivity contribution in [1.82, 2.24) is 5.32 Å². The Morgan fingerprint density at radius 1 is 1.21 bits per heavy atom. The van der Waals surface area contributed by atoms with Crippen molar-refractivity contribution in [2.24, 2.45) is 5.92 Å². The molecular formula is C17H29NO. The zero-order valence-electron chi connectivity index (χ0n) is 13.1. The Bertz CT molecular complexity index is 376. The van der Waals surface area contributed by atoms with E-state index in [1.165, 1.54) is 11.1 Å². The summed E-state index contributed by atoms with van der Waals surface area (Å²) in [6.45, 7) is 12.8. The maximum atomic E-state index is 6.03. The predicted octanol–water partition coefficient (Wildman–Crippen LogP) is 4.48. The fourth-order valence-corrected chi connectivity index (χ4v) is 1.95. The highest BCUT2D eigenvalue weighted by atomic mass is 16.5. The van der Waals surface area contributed by atoms with E-state index in [2.05, 4.69) is 58.1 Å². The highest BCUT2D eigenvalue weighted by Crippen LogP contribution is 2.27. The van der Waals surface area contributed by atoms with Gasteiger partial charge < -0.3 is 10.1 Å². The Morgan fingerprint density at radius 3 is 2.58 bits per heavy atom. The zero-order chi connectivity index (χ0) is 14.3. The van der Waals surface area contributed by atoms with Gasteiger partial charge in [-0.1, -0.05) is 39.3 Å². The maximum absolute atomic E-state index is 6.03. The molecule has 0 heterocycles. The first-order valence-electron chi connectivity index (χ1n) is 7.55. The van der Waals surface area contributed by atoms with Crippen LogP contribution in [0.4, 0.5) is 0 Å². The normalized spacial score (nSPS) is 14.2.